The number of carbonyl (C=O) groups is 2. The number of ether oxygens (including phenoxy) is 2. The van der Waals surface area contributed by atoms with Gasteiger partial charge >= 0.3 is 12.1 Å². The van der Waals surface area contributed by atoms with Gasteiger partial charge in [-0.05, 0) is 58.2 Å². The van der Waals surface area contributed by atoms with Gasteiger partial charge < -0.3 is 14.8 Å². The SMILES string of the molecule is COC(=O)[C@](C)(CCc1ccc(Br)cc1Cl)NC(=O)OC(C)(C)C. The molecule has 0 aliphatic rings. The fraction of sp³-hybridized carbons (Fsp3) is 0.529. The molecule has 0 unspecified atom stereocenters. The number of methoxy groups -OCH3 is 1. The van der Waals surface area contributed by atoms with E-state index in [0.717, 1.165) is 10.0 Å². The second-order valence-corrected chi connectivity index (χ2v) is 8.01. The quantitative estimate of drug-likeness (QED) is 0.713. The van der Waals surface area contributed by atoms with E-state index in [4.69, 9.17) is 21.1 Å². The third kappa shape index (κ3) is 6.32. The van der Waals surface area contributed by atoms with Crippen molar-refractivity contribution in [3.05, 3.63) is 33.3 Å². The normalized spacial score (nSPS) is 13.8. The van der Waals surface area contributed by atoms with Gasteiger partial charge in [0.2, 0.25) is 0 Å². The Hall–Kier alpha value is -1.27. The average Bonchev–Trinajstić information content (AvgIpc) is 2.43. The fourth-order valence-electron chi connectivity index (χ4n) is 2.08. The van der Waals surface area contributed by atoms with E-state index in [1.807, 2.05) is 12.1 Å². The predicted octanol–water partition coefficient (Wildman–Crippen LogP) is 4.49. The summed E-state index contributed by atoms with van der Waals surface area (Å²) in [6.45, 7) is 6.87. The number of aryl methyl sites for hydroxylation is 1. The minimum atomic E-state index is -1.21. The topological polar surface area (TPSA) is 64.6 Å². The maximum atomic E-state index is 12.2. The van der Waals surface area contributed by atoms with Gasteiger partial charge in [-0.15, -0.1) is 0 Å². The van der Waals surface area contributed by atoms with E-state index in [2.05, 4.69) is 21.2 Å². The number of hydrogen-bond acceptors (Lipinski definition) is 4. The lowest BCUT2D eigenvalue weighted by molar-refractivity contribution is -0.148. The molecule has 1 N–H and O–H groups in total. The van der Waals surface area contributed by atoms with E-state index < -0.39 is 23.2 Å². The van der Waals surface area contributed by atoms with Crippen LogP contribution in [0, 0.1) is 0 Å². The first kappa shape index (κ1) is 20.8. The summed E-state index contributed by atoms with van der Waals surface area (Å²) in [4.78, 5) is 24.2. The van der Waals surface area contributed by atoms with Crippen LogP contribution in [0.2, 0.25) is 5.02 Å². The van der Waals surface area contributed by atoms with Crippen LogP contribution < -0.4 is 5.32 Å². The monoisotopic (exact) mass is 419 g/mol. The number of rotatable bonds is 5. The number of nitrogens with one attached hydrogen (secondary N) is 1. The fourth-order valence-corrected chi connectivity index (χ4v) is 2.85. The van der Waals surface area contributed by atoms with Crippen molar-refractivity contribution in [3.63, 3.8) is 0 Å². The molecule has 1 atom stereocenters. The molecule has 1 amide bonds. The maximum Gasteiger partial charge on any atom is 0.408 e. The molecule has 1 aromatic carbocycles. The summed E-state index contributed by atoms with van der Waals surface area (Å²) in [6.07, 6.45) is 0.144. The van der Waals surface area contributed by atoms with Gasteiger partial charge in [0.1, 0.15) is 11.1 Å². The van der Waals surface area contributed by atoms with Crippen molar-refractivity contribution in [3.8, 4) is 0 Å². The molecule has 0 saturated heterocycles. The third-order valence-electron chi connectivity index (χ3n) is 3.32. The summed E-state index contributed by atoms with van der Waals surface area (Å²) in [5, 5.41) is 3.21. The van der Waals surface area contributed by atoms with Crippen molar-refractivity contribution in [2.75, 3.05) is 7.11 Å². The van der Waals surface area contributed by atoms with Crippen molar-refractivity contribution in [1.29, 1.82) is 0 Å². The van der Waals surface area contributed by atoms with Crippen molar-refractivity contribution in [1.82, 2.24) is 5.32 Å². The molecule has 0 aliphatic heterocycles. The molecule has 7 heteroatoms. The van der Waals surface area contributed by atoms with Gasteiger partial charge in [-0.3, -0.25) is 0 Å². The lowest BCUT2D eigenvalue weighted by Crippen LogP contribution is -2.54. The predicted molar refractivity (Wildman–Crippen MR) is 97.3 cm³/mol. The summed E-state index contributed by atoms with van der Waals surface area (Å²) in [6, 6.07) is 5.53. The Kier molecular flexibility index (Phi) is 7.10. The van der Waals surface area contributed by atoms with Gasteiger partial charge in [0.25, 0.3) is 0 Å². The average molecular weight is 421 g/mol. The second-order valence-electron chi connectivity index (χ2n) is 6.69. The lowest BCUT2D eigenvalue weighted by atomic mass is 9.93. The van der Waals surface area contributed by atoms with Gasteiger partial charge in [0.15, 0.2) is 0 Å². The first-order valence-electron chi connectivity index (χ1n) is 7.50. The molecule has 0 bridgehead atoms. The van der Waals surface area contributed by atoms with Crippen molar-refractivity contribution < 1.29 is 19.1 Å². The van der Waals surface area contributed by atoms with E-state index >= 15 is 0 Å². The van der Waals surface area contributed by atoms with Crippen LogP contribution in [0.4, 0.5) is 4.79 Å². The lowest BCUT2D eigenvalue weighted by Gasteiger charge is -2.29. The third-order valence-corrected chi connectivity index (χ3v) is 4.17. The van der Waals surface area contributed by atoms with Crippen molar-refractivity contribution in [2.24, 2.45) is 0 Å². The molecule has 1 aromatic rings. The number of benzene rings is 1. The molecule has 5 nitrogen and oxygen atoms in total. The molecule has 0 aliphatic carbocycles. The minimum absolute atomic E-state index is 0.320. The van der Waals surface area contributed by atoms with Crippen LogP contribution in [0.25, 0.3) is 0 Å². The molecule has 134 valence electrons. The van der Waals surface area contributed by atoms with Gasteiger partial charge in [-0.2, -0.15) is 0 Å². The molecule has 0 fully saturated rings. The van der Waals surface area contributed by atoms with Gasteiger partial charge in [0, 0.05) is 9.50 Å². The zero-order valence-corrected chi connectivity index (χ0v) is 16.9. The standard InChI is InChI=1S/C17H23BrClNO4/c1-16(2,3)24-15(22)20-17(4,14(21)23-5)9-8-11-6-7-12(18)10-13(11)19/h6-7,10H,8-9H2,1-5H3,(H,20,22)/t17-/m0/s1. The highest BCUT2D eigenvalue weighted by Crippen LogP contribution is 2.25. The van der Waals surface area contributed by atoms with Crippen molar-refractivity contribution in [2.45, 2.75) is 51.7 Å². The highest BCUT2D eigenvalue weighted by atomic mass is 79.9. The van der Waals surface area contributed by atoms with Gasteiger partial charge in [0.05, 0.1) is 7.11 Å². The Labute approximate surface area is 156 Å². The Balaban J connectivity index is 2.88. The molecular formula is C17H23BrClNO4. The van der Waals surface area contributed by atoms with Crippen LogP contribution in [0.1, 0.15) is 39.7 Å². The van der Waals surface area contributed by atoms with Crippen LogP contribution in [0.3, 0.4) is 0 Å². The Morgan fingerprint density at radius 3 is 2.38 bits per heavy atom. The summed E-state index contributed by atoms with van der Waals surface area (Å²) < 4.78 is 10.9. The number of amides is 1. The van der Waals surface area contributed by atoms with Crippen LogP contribution in [0.15, 0.2) is 22.7 Å². The molecule has 0 saturated carbocycles. The van der Waals surface area contributed by atoms with Crippen LogP contribution in [-0.2, 0) is 20.7 Å². The molecular weight excluding hydrogens is 398 g/mol. The van der Waals surface area contributed by atoms with E-state index in [1.54, 1.807) is 33.8 Å². The molecule has 0 heterocycles. The number of carbonyl (C=O) groups excluding carboxylic acids is 2. The van der Waals surface area contributed by atoms with Gasteiger partial charge in [-0.1, -0.05) is 33.6 Å². The number of alkyl carbamates (subject to hydrolysis) is 1. The zero-order valence-electron chi connectivity index (χ0n) is 14.5. The summed E-state index contributed by atoms with van der Waals surface area (Å²) >= 11 is 9.56. The second kappa shape index (κ2) is 8.21. The first-order chi connectivity index (χ1) is 11.0. The highest BCUT2D eigenvalue weighted by molar-refractivity contribution is 9.10. The zero-order chi connectivity index (χ0) is 18.5. The summed E-state index contributed by atoms with van der Waals surface area (Å²) in [5.74, 6) is -0.540. The first-order valence-corrected chi connectivity index (χ1v) is 8.67. The maximum absolute atomic E-state index is 12.2. The van der Waals surface area contributed by atoms with Gasteiger partial charge in [-0.25, -0.2) is 9.59 Å². The molecule has 0 radical (unpaired) electrons. The van der Waals surface area contributed by atoms with E-state index in [9.17, 15) is 9.59 Å². The smallest absolute Gasteiger partial charge is 0.408 e. The number of hydrogen-bond donors (Lipinski definition) is 1. The van der Waals surface area contributed by atoms with Crippen LogP contribution >= 0.6 is 27.5 Å². The van der Waals surface area contributed by atoms with E-state index in [1.165, 1.54) is 7.11 Å². The molecule has 0 aromatic heterocycles. The van der Waals surface area contributed by atoms with E-state index in [-0.39, 0.29) is 0 Å². The molecule has 1 rings (SSSR count). The summed E-state index contributed by atoms with van der Waals surface area (Å²) in [7, 11) is 1.28. The van der Waals surface area contributed by atoms with E-state index in [0.29, 0.717) is 17.9 Å². The minimum Gasteiger partial charge on any atom is -0.467 e. The Morgan fingerprint density at radius 1 is 1.25 bits per heavy atom. The number of esters is 1. The highest BCUT2D eigenvalue weighted by Gasteiger charge is 2.37. The largest absolute Gasteiger partial charge is 0.467 e. The van der Waals surface area contributed by atoms with Crippen molar-refractivity contribution >= 4 is 39.6 Å². The Morgan fingerprint density at radius 2 is 1.88 bits per heavy atom. The molecule has 0 spiro atoms. The van der Waals surface area contributed by atoms with Crippen LogP contribution in [0.5, 0.6) is 0 Å². The number of halogens is 2. The van der Waals surface area contributed by atoms with Crippen LogP contribution in [-0.4, -0.2) is 30.3 Å². The summed E-state index contributed by atoms with van der Waals surface area (Å²) in [5.41, 5.74) is -0.996. The molecule has 24 heavy (non-hydrogen) atoms. The Bertz CT molecular complexity index is 615.